The number of pyridine rings is 1. The first-order valence-corrected chi connectivity index (χ1v) is 11.8. The lowest BCUT2D eigenvalue weighted by molar-refractivity contribution is 0.467. The van der Waals surface area contributed by atoms with Gasteiger partial charge in [-0.15, -0.1) is 0 Å². The molecule has 8 nitrogen and oxygen atoms in total. The summed E-state index contributed by atoms with van der Waals surface area (Å²) >= 11 is 0. The molecule has 31 heavy (non-hydrogen) atoms. The standard InChI is InChI=1S/C21H29FN6O2S/c1-16-13-17(22)7-8-20(16)28-12-4-5-18(15-28)27-21(23-2)25-10-11-26-31(29,30)19-6-3-9-24-14-19/h3,6-9,13-14,18,26H,4-5,10-12,15H2,1-2H3,(H2,23,25,27). The molecule has 1 aliphatic heterocycles. The molecule has 0 spiro atoms. The van der Waals surface area contributed by atoms with Crippen molar-refractivity contribution < 1.29 is 12.8 Å². The first kappa shape index (κ1) is 23.0. The number of hydrogen-bond donors (Lipinski definition) is 3. The van der Waals surface area contributed by atoms with Crippen molar-refractivity contribution in [3.05, 3.63) is 54.1 Å². The zero-order valence-electron chi connectivity index (χ0n) is 17.8. The van der Waals surface area contributed by atoms with Gasteiger partial charge in [0.2, 0.25) is 10.0 Å². The zero-order valence-corrected chi connectivity index (χ0v) is 18.6. The SMILES string of the molecule is CN=C(NCCNS(=O)(=O)c1cccnc1)NC1CCCN(c2ccc(F)cc2C)C1. The van der Waals surface area contributed by atoms with Gasteiger partial charge in [0.1, 0.15) is 10.7 Å². The molecule has 0 bridgehead atoms. The number of nitrogens with zero attached hydrogens (tertiary/aromatic N) is 3. The molecule has 168 valence electrons. The Kier molecular flexibility index (Phi) is 7.80. The highest BCUT2D eigenvalue weighted by atomic mass is 32.2. The molecule has 0 radical (unpaired) electrons. The van der Waals surface area contributed by atoms with Crippen LogP contribution in [-0.4, -0.2) is 58.6 Å². The van der Waals surface area contributed by atoms with Gasteiger partial charge in [0.05, 0.1) is 0 Å². The Morgan fingerprint density at radius 2 is 2.16 bits per heavy atom. The van der Waals surface area contributed by atoms with E-state index in [1.165, 1.54) is 24.5 Å². The van der Waals surface area contributed by atoms with Crippen molar-refractivity contribution >= 4 is 21.7 Å². The lowest BCUT2D eigenvalue weighted by atomic mass is 10.0. The van der Waals surface area contributed by atoms with Gasteiger partial charge in [0.15, 0.2) is 5.96 Å². The number of nitrogens with one attached hydrogen (secondary N) is 3. The van der Waals surface area contributed by atoms with E-state index in [0.717, 1.165) is 37.2 Å². The number of rotatable bonds is 7. The summed E-state index contributed by atoms with van der Waals surface area (Å²) in [5, 5.41) is 6.54. The number of piperidine rings is 1. The Hall–Kier alpha value is -2.72. The number of anilines is 1. The third-order valence-electron chi connectivity index (χ3n) is 5.14. The minimum atomic E-state index is -3.58. The van der Waals surface area contributed by atoms with Gasteiger partial charge in [0.25, 0.3) is 0 Å². The number of hydrogen-bond acceptors (Lipinski definition) is 5. The summed E-state index contributed by atoms with van der Waals surface area (Å²) in [5.74, 6) is 0.389. The minimum Gasteiger partial charge on any atom is -0.369 e. The number of guanidine groups is 1. The fourth-order valence-electron chi connectivity index (χ4n) is 3.63. The van der Waals surface area contributed by atoms with E-state index in [1.807, 2.05) is 13.0 Å². The molecule has 3 N–H and O–H groups in total. The van der Waals surface area contributed by atoms with Crippen molar-refractivity contribution in [2.45, 2.75) is 30.7 Å². The fourth-order valence-corrected chi connectivity index (χ4v) is 4.63. The van der Waals surface area contributed by atoms with Crippen molar-refractivity contribution in [1.82, 2.24) is 20.3 Å². The Balaban J connectivity index is 1.48. The summed E-state index contributed by atoms with van der Waals surface area (Å²) in [6, 6.07) is 8.14. The van der Waals surface area contributed by atoms with Gasteiger partial charge in [-0.25, -0.2) is 17.5 Å². The van der Waals surface area contributed by atoms with Gasteiger partial charge in [-0.05, 0) is 55.7 Å². The Bertz CT molecular complexity index is 1000. The predicted molar refractivity (Wildman–Crippen MR) is 120 cm³/mol. The van der Waals surface area contributed by atoms with Crippen LogP contribution in [0.4, 0.5) is 10.1 Å². The highest BCUT2D eigenvalue weighted by molar-refractivity contribution is 7.89. The lowest BCUT2D eigenvalue weighted by Gasteiger charge is -2.36. The first-order chi connectivity index (χ1) is 14.9. The van der Waals surface area contributed by atoms with Crippen LogP contribution in [0.15, 0.2) is 52.6 Å². The van der Waals surface area contributed by atoms with Crippen molar-refractivity contribution in [3.8, 4) is 0 Å². The monoisotopic (exact) mass is 448 g/mol. The van der Waals surface area contributed by atoms with E-state index in [-0.39, 0.29) is 23.3 Å². The number of halogens is 1. The third-order valence-corrected chi connectivity index (χ3v) is 6.59. The summed E-state index contributed by atoms with van der Waals surface area (Å²) in [5.41, 5.74) is 1.96. The number of aliphatic imine (C=N–C) groups is 1. The van der Waals surface area contributed by atoms with Crippen molar-refractivity contribution in [3.63, 3.8) is 0 Å². The largest absolute Gasteiger partial charge is 0.369 e. The van der Waals surface area contributed by atoms with E-state index in [4.69, 9.17) is 0 Å². The Morgan fingerprint density at radius 1 is 1.32 bits per heavy atom. The second-order valence-electron chi connectivity index (χ2n) is 7.45. The summed E-state index contributed by atoms with van der Waals surface area (Å²) in [4.78, 5) is 10.5. The van der Waals surface area contributed by atoms with Crippen LogP contribution in [0.2, 0.25) is 0 Å². The molecule has 0 saturated carbocycles. The molecule has 10 heteroatoms. The van der Waals surface area contributed by atoms with E-state index in [1.54, 1.807) is 19.2 Å². The Labute approximate surface area is 183 Å². The summed E-state index contributed by atoms with van der Waals surface area (Å²) in [7, 11) is -1.90. The van der Waals surface area contributed by atoms with Gasteiger partial charge in [-0.2, -0.15) is 0 Å². The average Bonchev–Trinajstić information content (AvgIpc) is 2.76. The van der Waals surface area contributed by atoms with E-state index in [9.17, 15) is 12.8 Å². The van der Waals surface area contributed by atoms with E-state index < -0.39 is 10.0 Å². The molecule has 1 aromatic heterocycles. The molecule has 0 aliphatic carbocycles. The molecular weight excluding hydrogens is 419 g/mol. The van der Waals surface area contributed by atoms with Crippen LogP contribution in [0.3, 0.4) is 0 Å². The van der Waals surface area contributed by atoms with E-state index >= 15 is 0 Å². The van der Waals surface area contributed by atoms with Crippen LogP contribution in [0.1, 0.15) is 18.4 Å². The highest BCUT2D eigenvalue weighted by Gasteiger charge is 2.22. The number of benzene rings is 1. The molecule has 1 unspecified atom stereocenters. The van der Waals surface area contributed by atoms with Crippen LogP contribution >= 0.6 is 0 Å². The van der Waals surface area contributed by atoms with Crippen LogP contribution in [0.25, 0.3) is 0 Å². The van der Waals surface area contributed by atoms with E-state index in [2.05, 4.69) is 30.2 Å². The number of sulfonamides is 1. The molecule has 1 fully saturated rings. The molecular formula is C21H29FN6O2S. The maximum atomic E-state index is 13.4. The van der Waals surface area contributed by atoms with Crippen LogP contribution in [0.5, 0.6) is 0 Å². The smallest absolute Gasteiger partial charge is 0.242 e. The molecule has 1 saturated heterocycles. The van der Waals surface area contributed by atoms with Gasteiger partial charge < -0.3 is 15.5 Å². The summed E-state index contributed by atoms with van der Waals surface area (Å²) in [6.45, 7) is 4.21. The molecule has 3 rings (SSSR count). The fraction of sp³-hybridized carbons (Fsp3) is 0.429. The molecule has 2 aromatic rings. The van der Waals surface area contributed by atoms with Gasteiger partial charge in [-0.1, -0.05) is 0 Å². The van der Waals surface area contributed by atoms with Crippen LogP contribution < -0.4 is 20.3 Å². The lowest BCUT2D eigenvalue weighted by Crippen LogP contribution is -2.52. The Morgan fingerprint density at radius 3 is 2.87 bits per heavy atom. The minimum absolute atomic E-state index is 0.135. The normalized spacial score (nSPS) is 17.5. The highest BCUT2D eigenvalue weighted by Crippen LogP contribution is 2.24. The topological polar surface area (TPSA) is 98.7 Å². The number of aryl methyl sites for hydroxylation is 1. The maximum absolute atomic E-state index is 13.4. The van der Waals surface area contributed by atoms with Crippen LogP contribution in [-0.2, 0) is 10.0 Å². The van der Waals surface area contributed by atoms with Gasteiger partial charge in [-0.3, -0.25) is 9.98 Å². The molecule has 1 aliphatic rings. The molecule has 0 amide bonds. The van der Waals surface area contributed by atoms with Gasteiger partial charge in [0, 0.05) is 57.3 Å². The van der Waals surface area contributed by atoms with Crippen molar-refractivity contribution in [1.29, 1.82) is 0 Å². The van der Waals surface area contributed by atoms with Crippen molar-refractivity contribution in [2.75, 3.05) is 38.1 Å². The first-order valence-electron chi connectivity index (χ1n) is 10.3. The number of aromatic nitrogens is 1. The molecule has 1 aromatic carbocycles. The third kappa shape index (κ3) is 6.38. The average molecular weight is 449 g/mol. The van der Waals surface area contributed by atoms with E-state index in [0.29, 0.717) is 12.5 Å². The second kappa shape index (κ2) is 10.5. The van der Waals surface area contributed by atoms with Gasteiger partial charge >= 0.3 is 0 Å². The quantitative estimate of drug-likeness (QED) is 0.338. The summed E-state index contributed by atoms with van der Waals surface area (Å²) in [6.07, 6.45) is 4.84. The summed E-state index contributed by atoms with van der Waals surface area (Å²) < 4.78 is 40.4. The maximum Gasteiger partial charge on any atom is 0.242 e. The zero-order chi connectivity index (χ0) is 22.3. The molecule has 2 heterocycles. The molecule has 1 atom stereocenters. The second-order valence-corrected chi connectivity index (χ2v) is 9.21. The van der Waals surface area contributed by atoms with Crippen molar-refractivity contribution in [2.24, 2.45) is 4.99 Å². The van der Waals surface area contributed by atoms with Crippen LogP contribution in [0, 0.1) is 12.7 Å². The predicted octanol–water partition coefficient (Wildman–Crippen LogP) is 1.64.